The molecule has 0 aromatic rings. The van der Waals surface area contributed by atoms with Gasteiger partial charge in [0, 0.05) is 6.54 Å². The minimum absolute atomic E-state index is 0.00460. The van der Waals surface area contributed by atoms with Gasteiger partial charge in [0.25, 0.3) is 0 Å². The fourth-order valence-corrected chi connectivity index (χ4v) is 4.02. The Hall–Kier alpha value is -1.17. The number of carboxylic acid groups (broad SMARTS) is 1. The van der Waals surface area contributed by atoms with Crippen molar-refractivity contribution >= 4 is 16.0 Å². The Kier molecular flexibility index (Phi) is 5.29. The van der Waals surface area contributed by atoms with Crippen LogP contribution in [-0.4, -0.2) is 54.8 Å². The second kappa shape index (κ2) is 6.32. The van der Waals surface area contributed by atoms with Crippen LogP contribution in [0.1, 0.15) is 20.3 Å². The first-order valence-electron chi connectivity index (χ1n) is 6.10. The Balaban J connectivity index is 3.07. The molecular formula is C11H18N2O5S. The van der Waals surface area contributed by atoms with Crippen LogP contribution >= 0.6 is 0 Å². The molecule has 1 saturated heterocycles. The summed E-state index contributed by atoms with van der Waals surface area (Å²) in [4.78, 5) is 11.1. The van der Waals surface area contributed by atoms with E-state index < -0.39 is 33.2 Å². The summed E-state index contributed by atoms with van der Waals surface area (Å²) in [6.07, 6.45) is 0.167. The van der Waals surface area contributed by atoms with Crippen molar-refractivity contribution in [2.24, 2.45) is 5.92 Å². The van der Waals surface area contributed by atoms with Crippen molar-refractivity contribution in [3.63, 3.8) is 0 Å². The van der Waals surface area contributed by atoms with E-state index in [-0.39, 0.29) is 26.2 Å². The lowest BCUT2D eigenvalue weighted by Gasteiger charge is -2.29. The molecule has 0 amide bonds. The van der Waals surface area contributed by atoms with Crippen molar-refractivity contribution in [3.8, 4) is 6.07 Å². The van der Waals surface area contributed by atoms with Gasteiger partial charge in [0.2, 0.25) is 10.0 Å². The van der Waals surface area contributed by atoms with Gasteiger partial charge in [0.05, 0.1) is 31.2 Å². The van der Waals surface area contributed by atoms with Crippen LogP contribution in [-0.2, 0) is 19.6 Å². The van der Waals surface area contributed by atoms with Crippen LogP contribution < -0.4 is 0 Å². The van der Waals surface area contributed by atoms with Crippen molar-refractivity contribution < 1.29 is 23.1 Å². The molecule has 1 rings (SSSR count). The van der Waals surface area contributed by atoms with Crippen LogP contribution in [0.5, 0.6) is 0 Å². The molecule has 1 aliphatic rings. The predicted octanol–water partition coefficient (Wildman–Crippen LogP) is 0.0399. The molecule has 0 aromatic heterocycles. The molecule has 1 heterocycles. The average Bonchev–Trinajstić information content (AvgIpc) is 2.79. The average molecular weight is 290 g/mol. The second-order valence-electron chi connectivity index (χ2n) is 4.32. The Morgan fingerprint density at radius 2 is 2.16 bits per heavy atom. The SMILES string of the molecule is CCC(C#N)S(=O)(=O)N(CC)C1COCC1C(=O)O. The number of ether oxygens (including phenoxy) is 1. The van der Waals surface area contributed by atoms with Gasteiger partial charge in [0.1, 0.15) is 0 Å². The lowest BCUT2D eigenvalue weighted by molar-refractivity contribution is -0.142. The third kappa shape index (κ3) is 3.05. The normalized spacial score (nSPS) is 25.2. The largest absolute Gasteiger partial charge is 0.481 e. The van der Waals surface area contributed by atoms with Crippen LogP contribution in [0.2, 0.25) is 0 Å². The maximum absolute atomic E-state index is 12.3. The number of nitrogens with zero attached hydrogens (tertiary/aromatic N) is 2. The van der Waals surface area contributed by atoms with Crippen LogP contribution in [0.15, 0.2) is 0 Å². The van der Waals surface area contributed by atoms with Gasteiger partial charge in [-0.1, -0.05) is 13.8 Å². The number of hydrogen-bond donors (Lipinski definition) is 1. The first-order valence-corrected chi connectivity index (χ1v) is 7.61. The van der Waals surface area contributed by atoms with Crippen LogP contribution in [0.25, 0.3) is 0 Å². The van der Waals surface area contributed by atoms with Gasteiger partial charge in [-0.05, 0) is 6.42 Å². The molecule has 108 valence electrons. The number of sulfonamides is 1. The first kappa shape index (κ1) is 15.9. The van der Waals surface area contributed by atoms with Crippen LogP contribution in [0.4, 0.5) is 0 Å². The molecule has 7 nitrogen and oxygen atoms in total. The molecule has 0 spiro atoms. The standard InChI is InChI=1S/C11H18N2O5S/c1-3-8(5-12)19(16,17)13(4-2)10-7-18-6-9(10)11(14)15/h8-10H,3-4,6-7H2,1-2H3,(H,14,15). The number of carbonyl (C=O) groups is 1. The summed E-state index contributed by atoms with van der Waals surface area (Å²) < 4.78 is 30.8. The third-order valence-corrected chi connectivity index (χ3v) is 5.59. The van der Waals surface area contributed by atoms with Crippen molar-refractivity contribution in [1.82, 2.24) is 4.31 Å². The number of aliphatic carboxylic acids is 1. The van der Waals surface area contributed by atoms with E-state index in [1.807, 2.05) is 0 Å². The summed E-state index contributed by atoms with van der Waals surface area (Å²) in [6.45, 7) is 3.40. The maximum atomic E-state index is 12.3. The smallest absolute Gasteiger partial charge is 0.310 e. The van der Waals surface area contributed by atoms with Crippen molar-refractivity contribution in [2.45, 2.75) is 31.6 Å². The first-order chi connectivity index (χ1) is 8.89. The minimum atomic E-state index is -3.83. The molecular weight excluding hydrogens is 272 g/mol. The molecule has 3 unspecified atom stereocenters. The number of likely N-dealkylation sites (N-methyl/N-ethyl adjacent to an activating group) is 1. The van der Waals surface area contributed by atoms with Crippen LogP contribution in [0, 0.1) is 17.2 Å². The molecule has 0 aliphatic carbocycles. The van der Waals surface area contributed by atoms with E-state index in [1.54, 1.807) is 19.9 Å². The highest BCUT2D eigenvalue weighted by Crippen LogP contribution is 2.25. The van der Waals surface area contributed by atoms with Crippen LogP contribution in [0.3, 0.4) is 0 Å². The molecule has 0 aromatic carbocycles. The Morgan fingerprint density at radius 3 is 2.58 bits per heavy atom. The summed E-state index contributed by atoms with van der Waals surface area (Å²) >= 11 is 0. The fraction of sp³-hybridized carbons (Fsp3) is 0.818. The Labute approximate surface area is 112 Å². The van der Waals surface area contributed by atoms with E-state index in [0.717, 1.165) is 4.31 Å². The highest BCUT2D eigenvalue weighted by atomic mass is 32.2. The van der Waals surface area contributed by atoms with Gasteiger partial charge in [-0.15, -0.1) is 0 Å². The van der Waals surface area contributed by atoms with Gasteiger partial charge in [-0.25, -0.2) is 8.42 Å². The molecule has 0 bridgehead atoms. The third-order valence-electron chi connectivity index (χ3n) is 3.25. The van der Waals surface area contributed by atoms with E-state index in [4.69, 9.17) is 15.1 Å². The van der Waals surface area contributed by atoms with Gasteiger partial charge < -0.3 is 9.84 Å². The molecule has 1 fully saturated rings. The molecule has 1 aliphatic heterocycles. The lowest BCUT2D eigenvalue weighted by Crippen LogP contribution is -2.49. The second-order valence-corrected chi connectivity index (χ2v) is 6.39. The van der Waals surface area contributed by atoms with Crippen molar-refractivity contribution in [3.05, 3.63) is 0 Å². The summed E-state index contributed by atoms with van der Waals surface area (Å²) in [5.74, 6) is -1.97. The molecule has 8 heteroatoms. The predicted molar refractivity (Wildman–Crippen MR) is 66.7 cm³/mol. The van der Waals surface area contributed by atoms with Gasteiger partial charge in [-0.3, -0.25) is 4.79 Å². The molecule has 0 radical (unpaired) electrons. The number of hydrogen-bond acceptors (Lipinski definition) is 5. The van der Waals surface area contributed by atoms with Gasteiger partial charge >= 0.3 is 5.97 Å². The highest BCUT2D eigenvalue weighted by molar-refractivity contribution is 7.90. The van der Waals surface area contributed by atoms with Crippen molar-refractivity contribution in [2.75, 3.05) is 19.8 Å². The van der Waals surface area contributed by atoms with E-state index in [2.05, 4.69) is 0 Å². The number of carboxylic acids is 1. The van der Waals surface area contributed by atoms with E-state index in [0.29, 0.717) is 0 Å². The zero-order valence-corrected chi connectivity index (χ0v) is 11.8. The zero-order valence-electron chi connectivity index (χ0n) is 10.9. The number of rotatable bonds is 6. The van der Waals surface area contributed by atoms with Gasteiger partial charge in [0.15, 0.2) is 5.25 Å². The lowest BCUT2D eigenvalue weighted by atomic mass is 10.0. The van der Waals surface area contributed by atoms with E-state index in [1.165, 1.54) is 0 Å². The minimum Gasteiger partial charge on any atom is -0.481 e. The van der Waals surface area contributed by atoms with Crippen molar-refractivity contribution in [1.29, 1.82) is 5.26 Å². The topological polar surface area (TPSA) is 108 Å². The molecule has 3 atom stereocenters. The van der Waals surface area contributed by atoms with Gasteiger partial charge in [-0.2, -0.15) is 9.57 Å². The summed E-state index contributed by atoms with van der Waals surface area (Å²) in [5, 5.41) is 16.9. The Morgan fingerprint density at radius 1 is 1.53 bits per heavy atom. The number of nitriles is 1. The molecule has 0 saturated carbocycles. The Bertz CT molecular complexity index is 470. The maximum Gasteiger partial charge on any atom is 0.310 e. The monoisotopic (exact) mass is 290 g/mol. The summed E-state index contributed by atoms with van der Waals surface area (Å²) in [6, 6.07) is 1.02. The molecule has 19 heavy (non-hydrogen) atoms. The fourth-order valence-electron chi connectivity index (χ4n) is 2.20. The quantitative estimate of drug-likeness (QED) is 0.740. The highest BCUT2D eigenvalue weighted by Gasteiger charge is 2.44. The zero-order chi connectivity index (χ0) is 14.6. The van der Waals surface area contributed by atoms with E-state index >= 15 is 0 Å². The summed E-state index contributed by atoms with van der Waals surface area (Å²) in [7, 11) is -3.83. The summed E-state index contributed by atoms with van der Waals surface area (Å²) in [5.41, 5.74) is 0. The van der Waals surface area contributed by atoms with E-state index in [9.17, 15) is 13.2 Å². The molecule has 1 N–H and O–H groups in total.